The van der Waals surface area contributed by atoms with Gasteiger partial charge in [0.2, 0.25) is 10.0 Å². The Hall–Kier alpha value is -2.78. The molecule has 0 saturated carbocycles. The summed E-state index contributed by atoms with van der Waals surface area (Å²) < 4.78 is 26.5. The predicted octanol–water partition coefficient (Wildman–Crippen LogP) is 2.84. The van der Waals surface area contributed by atoms with Crippen LogP contribution in [-0.4, -0.2) is 25.8 Å². The molecule has 0 aliphatic heterocycles. The Morgan fingerprint density at radius 2 is 1.81 bits per heavy atom. The molecule has 0 saturated heterocycles. The van der Waals surface area contributed by atoms with Crippen LogP contribution in [0.4, 0.5) is 11.4 Å². The lowest BCUT2D eigenvalue weighted by Crippen LogP contribution is -2.24. The fourth-order valence-electron chi connectivity index (χ4n) is 2.24. The van der Waals surface area contributed by atoms with Crippen molar-refractivity contribution in [3.8, 4) is 0 Å². The number of benzene rings is 2. The fourth-order valence-corrected chi connectivity index (χ4v) is 3.38. The van der Waals surface area contributed by atoms with Gasteiger partial charge in [-0.25, -0.2) is 13.1 Å². The molecule has 1 amide bonds. The van der Waals surface area contributed by atoms with Crippen molar-refractivity contribution >= 4 is 27.3 Å². The van der Waals surface area contributed by atoms with Crippen LogP contribution < -0.4 is 10.0 Å². The minimum Gasteiger partial charge on any atom is -0.322 e. The van der Waals surface area contributed by atoms with E-state index in [1.54, 1.807) is 6.92 Å². The van der Waals surface area contributed by atoms with E-state index in [0.29, 0.717) is 24.2 Å². The number of nitrogens with one attached hydrogen (secondary N) is 2. The van der Waals surface area contributed by atoms with Crippen LogP contribution in [0.5, 0.6) is 0 Å². The van der Waals surface area contributed by atoms with Crippen LogP contribution in [0, 0.1) is 17.0 Å². The molecule has 0 aliphatic carbocycles. The first-order valence-electron chi connectivity index (χ1n) is 7.90. The molecule has 26 heavy (non-hydrogen) atoms. The Labute approximate surface area is 151 Å². The molecule has 0 fully saturated rings. The Balaban J connectivity index is 2.13. The van der Waals surface area contributed by atoms with Gasteiger partial charge in [0.05, 0.1) is 9.82 Å². The zero-order valence-electron chi connectivity index (χ0n) is 14.4. The summed E-state index contributed by atoms with van der Waals surface area (Å²) in [5.41, 5.74) is 1.01. The molecule has 8 nitrogen and oxygen atoms in total. The molecule has 0 aliphatic rings. The fraction of sp³-hybridized carbons (Fsp3) is 0.235. The Kier molecular flexibility index (Phi) is 6.06. The van der Waals surface area contributed by atoms with E-state index in [-0.39, 0.29) is 16.1 Å². The van der Waals surface area contributed by atoms with Crippen molar-refractivity contribution in [1.29, 1.82) is 0 Å². The van der Waals surface area contributed by atoms with Crippen LogP contribution in [0.25, 0.3) is 0 Å². The van der Waals surface area contributed by atoms with E-state index in [4.69, 9.17) is 0 Å². The molecule has 0 aromatic heterocycles. The van der Waals surface area contributed by atoms with Crippen molar-refractivity contribution in [3.63, 3.8) is 0 Å². The van der Waals surface area contributed by atoms with Crippen LogP contribution in [0.3, 0.4) is 0 Å². The molecule has 0 spiro atoms. The molecule has 0 radical (unpaired) electrons. The molecule has 138 valence electrons. The molecule has 0 unspecified atom stereocenters. The van der Waals surface area contributed by atoms with Crippen LogP contribution in [0.2, 0.25) is 0 Å². The van der Waals surface area contributed by atoms with E-state index in [2.05, 4.69) is 10.0 Å². The summed E-state index contributed by atoms with van der Waals surface area (Å²) in [6.07, 6.45) is 0.683. The summed E-state index contributed by atoms with van der Waals surface area (Å²) >= 11 is 0. The number of nitro groups is 1. The summed E-state index contributed by atoms with van der Waals surface area (Å²) in [4.78, 5) is 22.7. The molecule has 2 aromatic carbocycles. The normalized spacial score (nSPS) is 11.2. The number of rotatable bonds is 7. The van der Waals surface area contributed by atoms with E-state index in [1.165, 1.54) is 42.5 Å². The summed E-state index contributed by atoms with van der Waals surface area (Å²) in [7, 11) is -3.56. The van der Waals surface area contributed by atoms with Crippen LogP contribution in [-0.2, 0) is 10.0 Å². The van der Waals surface area contributed by atoms with Gasteiger partial charge in [-0.1, -0.05) is 6.92 Å². The predicted molar refractivity (Wildman–Crippen MR) is 97.7 cm³/mol. The molecule has 2 rings (SSSR count). The Morgan fingerprint density at radius 1 is 1.15 bits per heavy atom. The van der Waals surface area contributed by atoms with Crippen LogP contribution in [0.15, 0.2) is 47.4 Å². The second kappa shape index (κ2) is 8.07. The van der Waals surface area contributed by atoms with Gasteiger partial charge in [0.25, 0.3) is 11.6 Å². The lowest BCUT2D eigenvalue weighted by atomic mass is 10.1. The smallest absolute Gasteiger partial charge is 0.272 e. The van der Waals surface area contributed by atoms with Gasteiger partial charge in [-0.2, -0.15) is 0 Å². The van der Waals surface area contributed by atoms with Crippen molar-refractivity contribution in [2.75, 3.05) is 11.9 Å². The number of nitro benzene ring substituents is 1. The van der Waals surface area contributed by atoms with Crippen molar-refractivity contribution in [2.45, 2.75) is 25.2 Å². The second-order valence-electron chi connectivity index (χ2n) is 5.63. The number of amides is 1. The molecule has 0 atom stereocenters. The second-order valence-corrected chi connectivity index (χ2v) is 7.40. The molecular formula is C17H19N3O5S. The average molecular weight is 377 g/mol. The molecule has 0 bridgehead atoms. The van der Waals surface area contributed by atoms with Gasteiger partial charge in [0.15, 0.2) is 0 Å². The van der Waals surface area contributed by atoms with Crippen molar-refractivity contribution in [1.82, 2.24) is 4.72 Å². The van der Waals surface area contributed by atoms with Gasteiger partial charge < -0.3 is 5.32 Å². The SMILES string of the molecule is CCCNS(=O)(=O)c1ccc(NC(=O)c2ccc([N+](=O)[O-])c(C)c2)cc1. The lowest BCUT2D eigenvalue weighted by Gasteiger charge is -2.08. The Bertz CT molecular complexity index is 924. The van der Waals surface area contributed by atoms with Crippen molar-refractivity contribution in [2.24, 2.45) is 0 Å². The highest BCUT2D eigenvalue weighted by molar-refractivity contribution is 7.89. The number of nitrogens with zero attached hydrogens (tertiary/aromatic N) is 1. The number of aryl methyl sites for hydroxylation is 1. The van der Waals surface area contributed by atoms with Crippen LogP contribution >= 0.6 is 0 Å². The van der Waals surface area contributed by atoms with Gasteiger partial charge in [0, 0.05) is 29.4 Å². The number of hydrogen-bond donors (Lipinski definition) is 2. The van der Waals surface area contributed by atoms with E-state index in [0.717, 1.165) is 0 Å². The Morgan fingerprint density at radius 3 is 2.35 bits per heavy atom. The molecule has 2 N–H and O–H groups in total. The number of hydrogen-bond acceptors (Lipinski definition) is 5. The highest BCUT2D eigenvalue weighted by Gasteiger charge is 2.15. The largest absolute Gasteiger partial charge is 0.322 e. The van der Waals surface area contributed by atoms with Gasteiger partial charge in [-0.3, -0.25) is 14.9 Å². The van der Waals surface area contributed by atoms with E-state index >= 15 is 0 Å². The summed E-state index contributed by atoms with van der Waals surface area (Å²) in [6, 6.07) is 9.84. The quantitative estimate of drug-likeness (QED) is 0.568. The van der Waals surface area contributed by atoms with Gasteiger partial charge in [-0.15, -0.1) is 0 Å². The molecule has 2 aromatic rings. The molecule has 0 heterocycles. The third-order valence-electron chi connectivity index (χ3n) is 3.62. The number of anilines is 1. The maximum atomic E-state index is 12.3. The van der Waals surface area contributed by atoms with Crippen LogP contribution in [0.1, 0.15) is 29.3 Å². The first kappa shape index (κ1) is 19.5. The summed E-state index contributed by atoms with van der Waals surface area (Å²) in [5, 5.41) is 13.5. The van der Waals surface area contributed by atoms with Gasteiger partial charge in [-0.05, 0) is 49.7 Å². The van der Waals surface area contributed by atoms with Crippen molar-refractivity contribution in [3.05, 3.63) is 63.7 Å². The molecular weight excluding hydrogens is 358 g/mol. The first-order valence-corrected chi connectivity index (χ1v) is 9.39. The molecule has 9 heteroatoms. The minimum absolute atomic E-state index is 0.0595. The van der Waals surface area contributed by atoms with Gasteiger partial charge >= 0.3 is 0 Å². The maximum Gasteiger partial charge on any atom is 0.272 e. The number of carbonyl (C=O) groups is 1. The maximum absolute atomic E-state index is 12.3. The monoisotopic (exact) mass is 377 g/mol. The van der Waals surface area contributed by atoms with Gasteiger partial charge in [0.1, 0.15) is 0 Å². The zero-order chi connectivity index (χ0) is 19.3. The zero-order valence-corrected chi connectivity index (χ0v) is 15.2. The third kappa shape index (κ3) is 4.64. The summed E-state index contributed by atoms with van der Waals surface area (Å²) in [5.74, 6) is -0.442. The highest BCUT2D eigenvalue weighted by atomic mass is 32.2. The highest BCUT2D eigenvalue weighted by Crippen LogP contribution is 2.20. The number of carbonyl (C=O) groups excluding carboxylic acids is 1. The average Bonchev–Trinajstić information content (AvgIpc) is 2.60. The first-order chi connectivity index (χ1) is 12.2. The standard InChI is InChI=1S/C17H19N3O5S/c1-3-10-18-26(24,25)15-7-5-14(6-8-15)19-17(21)13-4-9-16(20(22)23)12(2)11-13/h4-9,11,18H,3,10H2,1-2H3,(H,19,21). The lowest BCUT2D eigenvalue weighted by molar-refractivity contribution is -0.385. The minimum atomic E-state index is -3.56. The van der Waals surface area contributed by atoms with Crippen molar-refractivity contribution < 1.29 is 18.1 Å². The van der Waals surface area contributed by atoms with E-state index in [9.17, 15) is 23.3 Å². The van der Waals surface area contributed by atoms with E-state index < -0.39 is 20.9 Å². The topological polar surface area (TPSA) is 118 Å². The number of sulfonamides is 1. The van der Waals surface area contributed by atoms with E-state index in [1.807, 2.05) is 6.92 Å². The summed E-state index contributed by atoms with van der Waals surface area (Å²) in [6.45, 7) is 3.76. The third-order valence-corrected chi connectivity index (χ3v) is 5.10.